The zero-order valence-electron chi connectivity index (χ0n) is 10.5. The van der Waals surface area contributed by atoms with Crippen LogP contribution in [0.5, 0.6) is 5.75 Å². The summed E-state index contributed by atoms with van der Waals surface area (Å²) in [5, 5.41) is 10.1. The van der Waals surface area contributed by atoms with E-state index in [1.54, 1.807) is 0 Å². The second kappa shape index (κ2) is 3.86. The van der Waals surface area contributed by atoms with Crippen molar-refractivity contribution in [2.75, 3.05) is 7.05 Å². The molecule has 0 heterocycles. The van der Waals surface area contributed by atoms with E-state index in [2.05, 4.69) is 11.9 Å². The summed E-state index contributed by atoms with van der Waals surface area (Å²) in [4.78, 5) is 4.47. The Hall–Kier alpha value is -1.31. The molecule has 90 valence electrons. The van der Waals surface area contributed by atoms with Crippen molar-refractivity contribution < 1.29 is 5.11 Å². The smallest absolute Gasteiger partial charge is 0.124 e. The second-order valence-corrected chi connectivity index (χ2v) is 5.30. The SMILES string of the molecule is C/N=C1\c2c(O)ccc(C)c2C2CCCCC12. The first-order valence-electron chi connectivity index (χ1n) is 6.53. The third-order valence-corrected chi connectivity index (χ3v) is 4.43. The second-order valence-electron chi connectivity index (χ2n) is 5.30. The van der Waals surface area contributed by atoms with E-state index in [0.29, 0.717) is 17.6 Å². The zero-order valence-corrected chi connectivity index (χ0v) is 10.5. The summed E-state index contributed by atoms with van der Waals surface area (Å²) in [6, 6.07) is 3.86. The lowest BCUT2D eigenvalue weighted by Crippen LogP contribution is -2.18. The van der Waals surface area contributed by atoms with Crippen molar-refractivity contribution in [3.63, 3.8) is 0 Å². The molecule has 3 rings (SSSR count). The quantitative estimate of drug-likeness (QED) is 0.726. The van der Waals surface area contributed by atoms with Gasteiger partial charge in [-0.15, -0.1) is 0 Å². The van der Waals surface area contributed by atoms with E-state index in [1.165, 1.54) is 36.8 Å². The molecule has 0 saturated heterocycles. The number of aryl methyl sites for hydroxylation is 1. The number of phenolic OH excluding ortho intramolecular Hbond substituents is 1. The molecule has 0 bridgehead atoms. The molecule has 2 heteroatoms. The summed E-state index contributed by atoms with van der Waals surface area (Å²) in [7, 11) is 1.86. The highest BCUT2D eigenvalue weighted by atomic mass is 16.3. The van der Waals surface area contributed by atoms with Gasteiger partial charge in [0.05, 0.1) is 0 Å². The summed E-state index contributed by atoms with van der Waals surface area (Å²) in [5.74, 6) is 1.57. The molecule has 1 aromatic carbocycles. The van der Waals surface area contributed by atoms with E-state index >= 15 is 0 Å². The van der Waals surface area contributed by atoms with Crippen LogP contribution in [0.3, 0.4) is 0 Å². The molecule has 1 fully saturated rings. The van der Waals surface area contributed by atoms with Gasteiger partial charge in [0.1, 0.15) is 5.75 Å². The van der Waals surface area contributed by atoms with Gasteiger partial charge in [-0.2, -0.15) is 0 Å². The molecule has 1 saturated carbocycles. The van der Waals surface area contributed by atoms with Crippen molar-refractivity contribution in [3.05, 3.63) is 28.8 Å². The molecule has 2 aliphatic carbocycles. The van der Waals surface area contributed by atoms with Gasteiger partial charge in [-0.25, -0.2) is 0 Å². The van der Waals surface area contributed by atoms with E-state index in [-0.39, 0.29) is 0 Å². The monoisotopic (exact) mass is 229 g/mol. The third-order valence-electron chi connectivity index (χ3n) is 4.43. The summed E-state index contributed by atoms with van der Waals surface area (Å²) >= 11 is 0. The minimum atomic E-state index is 0.417. The van der Waals surface area contributed by atoms with Crippen LogP contribution in [-0.2, 0) is 0 Å². The molecular weight excluding hydrogens is 210 g/mol. The molecular formula is C15H19NO. The molecule has 2 nitrogen and oxygen atoms in total. The van der Waals surface area contributed by atoms with Crippen LogP contribution in [0.1, 0.15) is 48.3 Å². The molecule has 0 amide bonds. The van der Waals surface area contributed by atoms with Crippen molar-refractivity contribution in [1.82, 2.24) is 0 Å². The van der Waals surface area contributed by atoms with Gasteiger partial charge in [0.15, 0.2) is 0 Å². The Balaban J connectivity index is 2.24. The van der Waals surface area contributed by atoms with Crippen molar-refractivity contribution in [1.29, 1.82) is 0 Å². The molecule has 2 aliphatic rings. The standard InChI is InChI=1S/C15H19NO/c1-9-7-8-12(17)14-13(9)10-5-3-4-6-11(10)15(14)16-2/h7-8,10-11,17H,3-6H2,1-2H3/b16-15-. The number of hydrogen-bond donors (Lipinski definition) is 1. The predicted molar refractivity (Wildman–Crippen MR) is 70.0 cm³/mol. The molecule has 0 radical (unpaired) electrons. The maximum Gasteiger partial charge on any atom is 0.124 e. The molecule has 0 aliphatic heterocycles. The fourth-order valence-electron chi connectivity index (χ4n) is 3.73. The number of aromatic hydroxyl groups is 1. The van der Waals surface area contributed by atoms with E-state index < -0.39 is 0 Å². The lowest BCUT2D eigenvalue weighted by Gasteiger charge is -2.26. The van der Waals surface area contributed by atoms with Gasteiger partial charge in [0.2, 0.25) is 0 Å². The Bertz CT molecular complexity index is 490. The van der Waals surface area contributed by atoms with Gasteiger partial charge < -0.3 is 5.11 Å². The van der Waals surface area contributed by atoms with E-state index in [9.17, 15) is 5.11 Å². The molecule has 2 atom stereocenters. The molecule has 0 aromatic heterocycles. The first kappa shape index (κ1) is 10.8. The van der Waals surface area contributed by atoms with Crippen LogP contribution < -0.4 is 0 Å². The first-order valence-corrected chi connectivity index (χ1v) is 6.53. The predicted octanol–water partition coefficient (Wildman–Crippen LogP) is 3.41. The van der Waals surface area contributed by atoms with Crippen LogP contribution in [0.4, 0.5) is 0 Å². The maximum absolute atomic E-state index is 10.1. The number of hydrogen-bond acceptors (Lipinski definition) is 2. The van der Waals surface area contributed by atoms with E-state index in [4.69, 9.17) is 0 Å². The highest BCUT2D eigenvalue weighted by molar-refractivity contribution is 6.09. The molecule has 1 aromatic rings. The molecule has 17 heavy (non-hydrogen) atoms. The van der Waals surface area contributed by atoms with Crippen LogP contribution >= 0.6 is 0 Å². The fourth-order valence-corrected chi connectivity index (χ4v) is 3.73. The Morgan fingerprint density at radius 2 is 1.88 bits per heavy atom. The van der Waals surface area contributed by atoms with Gasteiger partial charge in [0.25, 0.3) is 0 Å². The van der Waals surface area contributed by atoms with Crippen LogP contribution in [0.25, 0.3) is 0 Å². The van der Waals surface area contributed by atoms with E-state index in [1.807, 2.05) is 19.2 Å². The highest BCUT2D eigenvalue weighted by Crippen LogP contribution is 2.50. The van der Waals surface area contributed by atoms with Crippen molar-refractivity contribution in [3.8, 4) is 5.75 Å². The van der Waals surface area contributed by atoms with Crippen LogP contribution in [-0.4, -0.2) is 17.9 Å². The van der Waals surface area contributed by atoms with Crippen molar-refractivity contribution in [2.45, 2.75) is 38.5 Å². The third kappa shape index (κ3) is 1.43. The Labute approximate surface area is 102 Å². The maximum atomic E-state index is 10.1. The van der Waals surface area contributed by atoms with Crippen molar-refractivity contribution >= 4 is 5.71 Å². The topological polar surface area (TPSA) is 32.6 Å². The number of benzene rings is 1. The van der Waals surface area contributed by atoms with Gasteiger partial charge in [-0.3, -0.25) is 4.99 Å². The minimum absolute atomic E-state index is 0.417. The minimum Gasteiger partial charge on any atom is -0.507 e. The number of aliphatic imine (C=N–C) groups is 1. The van der Waals surface area contributed by atoms with Gasteiger partial charge >= 0.3 is 0 Å². The average Bonchev–Trinajstić information content (AvgIpc) is 2.69. The fraction of sp³-hybridized carbons (Fsp3) is 0.533. The Morgan fingerprint density at radius 1 is 1.18 bits per heavy atom. The van der Waals surface area contributed by atoms with Crippen molar-refractivity contribution in [2.24, 2.45) is 10.9 Å². The number of fused-ring (bicyclic) bond motifs is 3. The van der Waals surface area contributed by atoms with Gasteiger partial charge in [0, 0.05) is 24.2 Å². The van der Waals surface area contributed by atoms with Gasteiger partial charge in [-0.05, 0) is 42.9 Å². The Morgan fingerprint density at radius 3 is 2.59 bits per heavy atom. The molecule has 1 N–H and O–H groups in total. The normalized spacial score (nSPS) is 29.2. The average molecular weight is 229 g/mol. The summed E-state index contributed by atoms with van der Waals surface area (Å²) in [6.07, 6.45) is 5.09. The van der Waals surface area contributed by atoms with Crippen LogP contribution in [0, 0.1) is 12.8 Å². The summed E-state index contributed by atoms with van der Waals surface area (Å²) in [6.45, 7) is 2.16. The van der Waals surface area contributed by atoms with E-state index in [0.717, 1.165) is 11.3 Å². The highest BCUT2D eigenvalue weighted by Gasteiger charge is 2.41. The summed E-state index contributed by atoms with van der Waals surface area (Å²) in [5.41, 5.74) is 4.87. The zero-order chi connectivity index (χ0) is 12.0. The van der Waals surface area contributed by atoms with Gasteiger partial charge in [-0.1, -0.05) is 18.9 Å². The lowest BCUT2D eigenvalue weighted by atomic mass is 9.78. The number of phenols is 1. The summed E-state index contributed by atoms with van der Waals surface area (Å²) < 4.78 is 0. The lowest BCUT2D eigenvalue weighted by molar-refractivity contribution is 0.392. The number of nitrogens with zero attached hydrogens (tertiary/aromatic N) is 1. The molecule has 2 unspecified atom stereocenters. The molecule has 0 spiro atoms. The van der Waals surface area contributed by atoms with Crippen LogP contribution in [0.2, 0.25) is 0 Å². The van der Waals surface area contributed by atoms with Crippen LogP contribution in [0.15, 0.2) is 17.1 Å². The first-order chi connectivity index (χ1) is 8.24. The number of rotatable bonds is 0. The largest absolute Gasteiger partial charge is 0.507 e. The Kier molecular flexibility index (Phi) is 2.46.